The van der Waals surface area contributed by atoms with E-state index in [0.29, 0.717) is 0 Å². The molecular formula is C15H15NO. The molecule has 1 fully saturated rings. The molecule has 17 heavy (non-hydrogen) atoms. The van der Waals surface area contributed by atoms with Gasteiger partial charge in [-0.05, 0) is 36.5 Å². The Morgan fingerprint density at radius 1 is 1.12 bits per heavy atom. The number of nitrogens with zero attached hydrogens (tertiary/aromatic N) is 1. The van der Waals surface area contributed by atoms with Gasteiger partial charge in [-0.25, -0.2) is 0 Å². The lowest BCUT2D eigenvalue weighted by molar-refractivity contribution is 0.415. The second kappa shape index (κ2) is 4.21. The number of rotatable bonds is 3. The molecule has 2 aromatic rings. The van der Waals surface area contributed by atoms with E-state index in [4.69, 9.17) is 4.74 Å². The minimum Gasteiger partial charge on any atom is -0.494 e. The van der Waals surface area contributed by atoms with Crippen molar-refractivity contribution in [1.29, 1.82) is 0 Å². The summed E-state index contributed by atoms with van der Waals surface area (Å²) >= 11 is 0. The van der Waals surface area contributed by atoms with E-state index >= 15 is 0 Å². The maximum atomic E-state index is 5.33. The van der Waals surface area contributed by atoms with Crippen LogP contribution in [0, 0.1) is 0 Å². The number of hydrogen-bond donors (Lipinski definition) is 0. The van der Waals surface area contributed by atoms with Gasteiger partial charge in [0, 0.05) is 11.8 Å². The van der Waals surface area contributed by atoms with Crippen LogP contribution in [-0.2, 0) is 0 Å². The van der Waals surface area contributed by atoms with E-state index in [-0.39, 0.29) is 0 Å². The third-order valence-electron chi connectivity index (χ3n) is 3.22. The van der Waals surface area contributed by atoms with E-state index < -0.39 is 0 Å². The summed E-state index contributed by atoms with van der Waals surface area (Å²) in [7, 11) is 1.68. The SMILES string of the molecule is COc1cccnc1-c1ccc(C2CC2)cc1. The fraction of sp³-hybridized carbons (Fsp3) is 0.267. The fourth-order valence-electron chi connectivity index (χ4n) is 2.10. The lowest BCUT2D eigenvalue weighted by atomic mass is 10.1. The summed E-state index contributed by atoms with van der Waals surface area (Å²) in [6.45, 7) is 0. The molecule has 2 nitrogen and oxygen atoms in total. The molecule has 0 radical (unpaired) electrons. The summed E-state index contributed by atoms with van der Waals surface area (Å²) in [5.41, 5.74) is 3.48. The van der Waals surface area contributed by atoms with Crippen molar-refractivity contribution in [3.63, 3.8) is 0 Å². The lowest BCUT2D eigenvalue weighted by Crippen LogP contribution is -1.90. The predicted octanol–water partition coefficient (Wildman–Crippen LogP) is 3.63. The zero-order chi connectivity index (χ0) is 11.7. The van der Waals surface area contributed by atoms with Gasteiger partial charge in [0.15, 0.2) is 0 Å². The topological polar surface area (TPSA) is 22.1 Å². The molecule has 0 amide bonds. The van der Waals surface area contributed by atoms with Crippen LogP contribution in [0.25, 0.3) is 11.3 Å². The highest BCUT2D eigenvalue weighted by atomic mass is 16.5. The Bertz CT molecular complexity index is 515. The Balaban J connectivity index is 1.96. The van der Waals surface area contributed by atoms with Gasteiger partial charge in [0.1, 0.15) is 11.4 Å². The summed E-state index contributed by atoms with van der Waals surface area (Å²) in [6, 6.07) is 12.5. The highest BCUT2D eigenvalue weighted by Crippen LogP contribution is 2.40. The molecule has 0 bridgehead atoms. The molecule has 1 saturated carbocycles. The van der Waals surface area contributed by atoms with E-state index in [2.05, 4.69) is 29.2 Å². The quantitative estimate of drug-likeness (QED) is 0.795. The van der Waals surface area contributed by atoms with Gasteiger partial charge >= 0.3 is 0 Å². The summed E-state index contributed by atoms with van der Waals surface area (Å²) in [5, 5.41) is 0. The summed E-state index contributed by atoms with van der Waals surface area (Å²) in [6.07, 6.45) is 4.48. The Labute approximate surface area is 101 Å². The van der Waals surface area contributed by atoms with Crippen LogP contribution in [-0.4, -0.2) is 12.1 Å². The lowest BCUT2D eigenvalue weighted by Gasteiger charge is -2.07. The standard InChI is InChI=1S/C15H15NO/c1-17-14-3-2-10-16-15(14)13-8-6-12(7-9-13)11-4-5-11/h2-3,6-11H,4-5H2,1H3. The summed E-state index contributed by atoms with van der Waals surface area (Å²) < 4.78 is 5.33. The van der Waals surface area contributed by atoms with Gasteiger partial charge in [-0.2, -0.15) is 0 Å². The molecule has 0 saturated heterocycles. The number of methoxy groups -OCH3 is 1. The van der Waals surface area contributed by atoms with Gasteiger partial charge in [-0.1, -0.05) is 24.3 Å². The van der Waals surface area contributed by atoms with E-state index in [1.165, 1.54) is 18.4 Å². The molecule has 2 heteroatoms. The highest BCUT2D eigenvalue weighted by Gasteiger charge is 2.23. The van der Waals surface area contributed by atoms with Crippen LogP contribution in [0.3, 0.4) is 0 Å². The zero-order valence-electron chi connectivity index (χ0n) is 9.89. The van der Waals surface area contributed by atoms with Crippen LogP contribution in [0.2, 0.25) is 0 Å². The maximum absolute atomic E-state index is 5.33. The van der Waals surface area contributed by atoms with E-state index in [1.54, 1.807) is 13.3 Å². The van der Waals surface area contributed by atoms with Gasteiger partial charge in [0.2, 0.25) is 0 Å². The molecule has 0 aliphatic heterocycles. The zero-order valence-corrected chi connectivity index (χ0v) is 9.89. The number of hydrogen-bond acceptors (Lipinski definition) is 2. The van der Waals surface area contributed by atoms with Crippen molar-refractivity contribution in [3.8, 4) is 17.0 Å². The second-order valence-corrected chi connectivity index (χ2v) is 4.45. The molecule has 3 rings (SSSR count). The van der Waals surface area contributed by atoms with Crippen LogP contribution in [0.1, 0.15) is 24.3 Å². The largest absolute Gasteiger partial charge is 0.494 e. The molecule has 1 heterocycles. The van der Waals surface area contributed by atoms with Crippen molar-refractivity contribution in [2.45, 2.75) is 18.8 Å². The molecule has 0 spiro atoms. The molecule has 1 aromatic carbocycles. The first-order valence-corrected chi connectivity index (χ1v) is 5.98. The third-order valence-corrected chi connectivity index (χ3v) is 3.22. The summed E-state index contributed by atoms with van der Waals surface area (Å²) in [4.78, 5) is 4.38. The van der Waals surface area contributed by atoms with Gasteiger partial charge < -0.3 is 4.74 Å². The van der Waals surface area contributed by atoms with Crippen molar-refractivity contribution in [2.24, 2.45) is 0 Å². The predicted molar refractivity (Wildman–Crippen MR) is 68.2 cm³/mol. The minimum absolute atomic E-state index is 0.801. The van der Waals surface area contributed by atoms with Crippen molar-refractivity contribution in [1.82, 2.24) is 4.98 Å². The van der Waals surface area contributed by atoms with E-state index in [0.717, 1.165) is 22.9 Å². The molecule has 0 atom stereocenters. The van der Waals surface area contributed by atoms with Gasteiger partial charge in [-0.3, -0.25) is 4.98 Å². The average Bonchev–Trinajstić information content (AvgIpc) is 3.23. The third kappa shape index (κ3) is 2.03. The second-order valence-electron chi connectivity index (χ2n) is 4.45. The number of aromatic nitrogens is 1. The van der Waals surface area contributed by atoms with Crippen LogP contribution in [0.15, 0.2) is 42.6 Å². The van der Waals surface area contributed by atoms with Crippen molar-refractivity contribution in [2.75, 3.05) is 7.11 Å². The van der Waals surface area contributed by atoms with E-state index in [9.17, 15) is 0 Å². The van der Waals surface area contributed by atoms with E-state index in [1.807, 2.05) is 12.1 Å². The molecule has 1 aromatic heterocycles. The molecular weight excluding hydrogens is 210 g/mol. The van der Waals surface area contributed by atoms with Gasteiger partial charge in [0.25, 0.3) is 0 Å². The van der Waals surface area contributed by atoms with Crippen LogP contribution < -0.4 is 4.74 Å². The Morgan fingerprint density at radius 3 is 2.53 bits per heavy atom. The normalized spacial score (nSPS) is 14.6. The maximum Gasteiger partial charge on any atom is 0.145 e. The first-order chi connectivity index (χ1) is 8.38. The molecule has 0 unspecified atom stereocenters. The number of pyridine rings is 1. The summed E-state index contributed by atoms with van der Waals surface area (Å²) in [5.74, 6) is 1.63. The monoisotopic (exact) mass is 225 g/mol. The van der Waals surface area contributed by atoms with Crippen molar-refractivity contribution >= 4 is 0 Å². The number of ether oxygens (including phenoxy) is 1. The Kier molecular flexibility index (Phi) is 2.56. The highest BCUT2D eigenvalue weighted by molar-refractivity contribution is 5.66. The number of benzene rings is 1. The first-order valence-electron chi connectivity index (χ1n) is 5.98. The van der Waals surface area contributed by atoms with Gasteiger partial charge in [-0.15, -0.1) is 0 Å². The van der Waals surface area contributed by atoms with Crippen molar-refractivity contribution < 1.29 is 4.74 Å². The average molecular weight is 225 g/mol. The Hall–Kier alpha value is -1.83. The van der Waals surface area contributed by atoms with Gasteiger partial charge in [0.05, 0.1) is 7.11 Å². The molecule has 86 valence electrons. The van der Waals surface area contributed by atoms with Crippen LogP contribution in [0.5, 0.6) is 5.75 Å². The first kappa shape index (κ1) is 10.3. The van der Waals surface area contributed by atoms with Crippen molar-refractivity contribution in [3.05, 3.63) is 48.2 Å². The minimum atomic E-state index is 0.801. The smallest absolute Gasteiger partial charge is 0.145 e. The molecule has 1 aliphatic carbocycles. The van der Waals surface area contributed by atoms with Crippen LogP contribution in [0.4, 0.5) is 0 Å². The fourth-order valence-corrected chi connectivity index (χ4v) is 2.10. The molecule has 0 N–H and O–H groups in total. The van der Waals surface area contributed by atoms with Crippen LogP contribution >= 0.6 is 0 Å². The molecule has 1 aliphatic rings. The Morgan fingerprint density at radius 2 is 1.88 bits per heavy atom.